The van der Waals surface area contributed by atoms with Crippen molar-refractivity contribution in [2.45, 2.75) is 59.1 Å². The average molecular weight is 351 g/mol. The Morgan fingerprint density at radius 2 is 1.80 bits per heavy atom. The first-order chi connectivity index (χ1) is 9.25. The Labute approximate surface area is 130 Å². The summed E-state index contributed by atoms with van der Waals surface area (Å²) in [6.07, 6.45) is 1.36. The number of carbonyl (C=O) groups is 2. The molecular weight excluding hydrogens is 324 g/mol. The van der Waals surface area contributed by atoms with Crippen LogP contribution in [0.2, 0.25) is 0 Å². The molecule has 0 aliphatic carbocycles. The number of halogens is 1. The SMILES string of the molecule is CCC(CC)N(CCNC(=O)OC(C)(C)C)C(=O)CBr. The summed E-state index contributed by atoms with van der Waals surface area (Å²) < 4.78 is 5.16. The first-order valence-electron chi connectivity index (χ1n) is 7.07. The topological polar surface area (TPSA) is 58.6 Å². The summed E-state index contributed by atoms with van der Waals surface area (Å²) in [6.45, 7) is 10.5. The van der Waals surface area contributed by atoms with E-state index in [1.54, 1.807) is 0 Å². The van der Waals surface area contributed by atoms with E-state index in [0.29, 0.717) is 18.4 Å². The minimum Gasteiger partial charge on any atom is -0.444 e. The van der Waals surface area contributed by atoms with Gasteiger partial charge < -0.3 is 15.0 Å². The quantitative estimate of drug-likeness (QED) is 0.718. The maximum absolute atomic E-state index is 11.9. The van der Waals surface area contributed by atoms with Crippen molar-refractivity contribution in [1.29, 1.82) is 0 Å². The van der Waals surface area contributed by atoms with Crippen LogP contribution in [0.5, 0.6) is 0 Å². The third-order valence-electron chi connectivity index (χ3n) is 2.84. The first kappa shape index (κ1) is 19.2. The van der Waals surface area contributed by atoms with Gasteiger partial charge >= 0.3 is 6.09 Å². The summed E-state index contributed by atoms with van der Waals surface area (Å²) in [5, 5.41) is 2.98. The minimum atomic E-state index is -0.509. The molecule has 0 rings (SSSR count). The molecule has 5 nitrogen and oxygen atoms in total. The zero-order chi connectivity index (χ0) is 15.8. The molecule has 0 aliphatic heterocycles. The molecule has 0 bridgehead atoms. The number of rotatable bonds is 7. The van der Waals surface area contributed by atoms with Crippen molar-refractivity contribution in [3.63, 3.8) is 0 Å². The molecule has 0 heterocycles. The van der Waals surface area contributed by atoms with Gasteiger partial charge in [0.25, 0.3) is 0 Å². The molecule has 0 aliphatic rings. The maximum Gasteiger partial charge on any atom is 0.407 e. The van der Waals surface area contributed by atoms with Crippen molar-refractivity contribution in [1.82, 2.24) is 10.2 Å². The molecule has 1 N–H and O–H groups in total. The molecule has 0 aromatic carbocycles. The van der Waals surface area contributed by atoms with E-state index in [4.69, 9.17) is 4.74 Å². The highest BCUT2D eigenvalue weighted by atomic mass is 79.9. The fraction of sp³-hybridized carbons (Fsp3) is 0.857. The monoisotopic (exact) mass is 350 g/mol. The van der Waals surface area contributed by atoms with Crippen LogP contribution in [-0.2, 0) is 9.53 Å². The summed E-state index contributed by atoms with van der Waals surface area (Å²) in [7, 11) is 0. The van der Waals surface area contributed by atoms with E-state index < -0.39 is 11.7 Å². The highest BCUT2D eigenvalue weighted by Crippen LogP contribution is 2.10. The van der Waals surface area contributed by atoms with E-state index in [1.165, 1.54) is 0 Å². The normalized spacial score (nSPS) is 11.3. The number of nitrogens with zero attached hydrogens (tertiary/aromatic N) is 1. The molecule has 0 fully saturated rings. The maximum atomic E-state index is 11.9. The summed E-state index contributed by atoms with van der Waals surface area (Å²) >= 11 is 3.20. The van der Waals surface area contributed by atoms with Gasteiger partial charge in [0.1, 0.15) is 5.60 Å². The molecule has 0 aromatic rings. The number of hydrogen-bond donors (Lipinski definition) is 1. The van der Waals surface area contributed by atoms with E-state index in [-0.39, 0.29) is 11.9 Å². The van der Waals surface area contributed by atoms with Crippen molar-refractivity contribution in [3.05, 3.63) is 0 Å². The van der Waals surface area contributed by atoms with E-state index in [1.807, 2.05) is 25.7 Å². The predicted molar refractivity (Wildman–Crippen MR) is 84.1 cm³/mol. The van der Waals surface area contributed by atoms with Crippen LogP contribution >= 0.6 is 15.9 Å². The summed E-state index contributed by atoms with van der Waals surface area (Å²) in [5.74, 6) is 0.0460. The second-order valence-corrected chi connectivity index (χ2v) is 6.18. The Hall–Kier alpha value is -0.780. The second kappa shape index (κ2) is 9.21. The van der Waals surface area contributed by atoms with Gasteiger partial charge in [-0.2, -0.15) is 0 Å². The van der Waals surface area contributed by atoms with Crippen molar-refractivity contribution in [2.75, 3.05) is 18.4 Å². The molecule has 0 unspecified atom stereocenters. The van der Waals surface area contributed by atoms with Crippen LogP contribution in [0.25, 0.3) is 0 Å². The van der Waals surface area contributed by atoms with Gasteiger partial charge in [0.05, 0.1) is 5.33 Å². The van der Waals surface area contributed by atoms with Gasteiger partial charge in [0.15, 0.2) is 0 Å². The van der Waals surface area contributed by atoms with Gasteiger partial charge in [0, 0.05) is 19.1 Å². The fourth-order valence-corrected chi connectivity index (χ4v) is 2.23. The van der Waals surface area contributed by atoms with E-state index in [0.717, 1.165) is 12.8 Å². The smallest absolute Gasteiger partial charge is 0.407 e. The van der Waals surface area contributed by atoms with Crippen molar-refractivity contribution >= 4 is 27.9 Å². The number of alkyl halides is 1. The Bertz CT molecular complexity index is 312. The highest BCUT2D eigenvalue weighted by Gasteiger charge is 2.21. The Balaban J connectivity index is 4.34. The van der Waals surface area contributed by atoms with E-state index in [2.05, 4.69) is 35.1 Å². The molecule has 0 saturated heterocycles. The lowest BCUT2D eigenvalue weighted by Crippen LogP contribution is -2.45. The Kier molecular flexibility index (Phi) is 8.85. The lowest BCUT2D eigenvalue weighted by Gasteiger charge is -2.30. The molecule has 0 spiro atoms. The lowest BCUT2D eigenvalue weighted by atomic mass is 10.1. The summed E-state index contributed by atoms with van der Waals surface area (Å²) in [6, 6.07) is 0.209. The molecular formula is C14H27BrN2O3. The number of ether oxygens (including phenoxy) is 1. The largest absolute Gasteiger partial charge is 0.444 e. The first-order valence-corrected chi connectivity index (χ1v) is 8.19. The van der Waals surface area contributed by atoms with Crippen LogP contribution in [-0.4, -0.2) is 47.0 Å². The second-order valence-electron chi connectivity index (χ2n) is 5.62. The van der Waals surface area contributed by atoms with Crippen LogP contribution in [0, 0.1) is 0 Å². The van der Waals surface area contributed by atoms with Gasteiger partial charge in [-0.15, -0.1) is 0 Å². The van der Waals surface area contributed by atoms with Crippen LogP contribution in [0.15, 0.2) is 0 Å². The molecule has 6 heteroatoms. The standard InChI is InChI=1S/C14H27BrN2O3/c1-6-11(7-2)17(12(18)10-15)9-8-16-13(19)20-14(3,4)5/h11H,6-10H2,1-5H3,(H,16,19). The number of alkyl carbamates (subject to hydrolysis) is 1. The van der Waals surface area contributed by atoms with Gasteiger partial charge in [-0.25, -0.2) is 4.79 Å². The minimum absolute atomic E-state index is 0.0460. The van der Waals surface area contributed by atoms with Gasteiger partial charge in [0.2, 0.25) is 5.91 Å². The fourth-order valence-electron chi connectivity index (χ4n) is 1.91. The predicted octanol–water partition coefficient (Wildman–Crippen LogP) is 2.92. The molecule has 0 saturated carbocycles. The van der Waals surface area contributed by atoms with Crippen molar-refractivity contribution < 1.29 is 14.3 Å². The lowest BCUT2D eigenvalue weighted by molar-refractivity contribution is -0.130. The molecule has 118 valence electrons. The van der Waals surface area contributed by atoms with Gasteiger partial charge in [-0.3, -0.25) is 4.79 Å². The molecule has 20 heavy (non-hydrogen) atoms. The number of nitrogens with one attached hydrogen (secondary N) is 1. The average Bonchev–Trinajstić information content (AvgIpc) is 2.35. The van der Waals surface area contributed by atoms with Crippen LogP contribution in [0.4, 0.5) is 4.79 Å². The number of amides is 2. The zero-order valence-electron chi connectivity index (χ0n) is 13.2. The zero-order valence-corrected chi connectivity index (χ0v) is 14.7. The molecule has 0 atom stereocenters. The number of hydrogen-bond acceptors (Lipinski definition) is 3. The molecule has 2 amide bonds. The van der Waals surface area contributed by atoms with Crippen molar-refractivity contribution in [3.8, 4) is 0 Å². The van der Waals surface area contributed by atoms with Gasteiger partial charge in [-0.05, 0) is 33.6 Å². The van der Waals surface area contributed by atoms with E-state index in [9.17, 15) is 9.59 Å². The summed E-state index contributed by atoms with van der Waals surface area (Å²) in [4.78, 5) is 25.3. The van der Waals surface area contributed by atoms with E-state index >= 15 is 0 Å². The highest BCUT2D eigenvalue weighted by molar-refractivity contribution is 9.09. The molecule has 0 aromatic heterocycles. The third kappa shape index (κ3) is 7.72. The van der Waals surface area contributed by atoms with Crippen LogP contribution < -0.4 is 5.32 Å². The van der Waals surface area contributed by atoms with Crippen LogP contribution in [0.3, 0.4) is 0 Å². The Morgan fingerprint density at radius 1 is 1.25 bits per heavy atom. The Morgan fingerprint density at radius 3 is 2.20 bits per heavy atom. The van der Waals surface area contributed by atoms with Crippen LogP contribution in [0.1, 0.15) is 47.5 Å². The number of carbonyl (C=O) groups excluding carboxylic acids is 2. The van der Waals surface area contributed by atoms with Crippen molar-refractivity contribution in [2.24, 2.45) is 0 Å². The summed E-state index contributed by atoms with van der Waals surface area (Å²) in [5.41, 5.74) is -0.509. The third-order valence-corrected chi connectivity index (χ3v) is 3.32. The van der Waals surface area contributed by atoms with Gasteiger partial charge in [-0.1, -0.05) is 29.8 Å². The molecule has 0 radical (unpaired) electrons.